The summed E-state index contributed by atoms with van der Waals surface area (Å²) in [6.45, 7) is 8.15. The number of halogens is 3. The fraction of sp³-hybridized carbons (Fsp3) is 0.706. The number of hydrogen-bond donors (Lipinski definition) is 0. The fourth-order valence-corrected chi connectivity index (χ4v) is 1.72. The van der Waals surface area contributed by atoms with Gasteiger partial charge in [0.25, 0.3) is 0 Å². The van der Waals surface area contributed by atoms with E-state index in [2.05, 4.69) is 0 Å². The van der Waals surface area contributed by atoms with Crippen LogP contribution in [0.5, 0.6) is 0 Å². The summed E-state index contributed by atoms with van der Waals surface area (Å²) in [5.41, 5.74) is -0.966. The Labute approximate surface area is 143 Å². The van der Waals surface area contributed by atoms with Crippen LogP contribution in [0, 0.1) is 0 Å². The summed E-state index contributed by atoms with van der Waals surface area (Å²) in [4.78, 5) is 13.4. The summed E-state index contributed by atoms with van der Waals surface area (Å²) >= 11 is 0. The van der Waals surface area contributed by atoms with Gasteiger partial charge >= 0.3 is 12.1 Å². The molecule has 0 atom stereocenters. The predicted octanol–water partition coefficient (Wildman–Crippen LogP) is 4.33. The zero-order valence-corrected chi connectivity index (χ0v) is 15.5. The lowest BCUT2D eigenvalue weighted by Crippen LogP contribution is -2.28. The maximum absolute atomic E-state index is 13.0. The summed E-state index contributed by atoms with van der Waals surface area (Å²) in [5, 5.41) is 0. The van der Waals surface area contributed by atoms with E-state index in [9.17, 15) is 18.0 Å². The van der Waals surface area contributed by atoms with Gasteiger partial charge in [-0.05, 0) is 25.8 Å². The molecule has 0 fully saturated rings. The minimum atomic E-state index is -4.51. The van der Waals surface area contributed by atoms with Gasteiger partial charge in [0.15, 0.2) is 0 Å². The molecule has 0 N–H and O–H groups in total. The number of carbonyl (C=O) groups excluding carboxylic acids is 1. The van der Waals surface area contributed by atoms with E-state index in [-0.39, 0.29) is 18.7 Å². The standard InChI is InChI=1S/C15H24F3NO3.C2H6/c1-5-8-12(15(16,17)18)11-13(14(20)22-6-2)19(3)9-7-10-21-4;1-2/h8,11H,5-7,9-10H2,1-4H3;1-2H3/b12-8-,13-11-;. The smallest absolute Gasteiger partial charge is 0.416 e. The molecular weight excluding hydrogens is 323 g/mol. The summed E-state index contributed by atoms with van der Waals surface area (Å²) in [5.74, 6) is -0.770. The van der Waals surface area contributed by atoms with Crippen LogP contribution in [0.3, 0.4) is 0 Å². The van der Waals surface area contributed by atoms with E-state index in [4.69, 9.17) is 9.47 Å². The van der Waals surface area contributed by atoms with Crippen LogP contribution in [0.1, 0.15) is 40.5 Å². The second-order valence-electron chi connectivity index (χ2n) is 4.58. The molecular formula is C17H30F3NO3. The zero-order valence-electron chi connectivity index (χ0n) is 15.5. The Morgan fingerprint density at radius 3 is 2.21 bits per heavy atom. The van der Waals surface area contributed by atoms with Gasteiger partial charge in [-0.3, -0.25) is 0 Å². The Kier molecular flexibility index (Phi) is 14.3. The van der Waals surface area contributed by atoms with Crippen molar-refractivity contribution in [2.24, 2.45) is 0 Å². The molecule has 0 bridgehead atoms. The Morgan fingerprint density at radius 1 is 1.21 bits per heavy atom. The van der Waals surface area contributed by atoms with Gasteiger partial charge in [-0.15, -0.1) is 0 Å². The van der Waals surface area contributed by atoms with E-state index in [0.717, 1.165) is 12.2 Å². The van der Waals surface area contributed by atoms with Crippen LogP contribution in [-0.4, -0.2) is 51.0 Å². The van der Waals surface area contributed by atoms with Crippen LogP contribution in [0.4, 0.5) is 13.2 Å². The summed E-state index contributed by atoms with van der Waals surface area (Å²) in [6.07, 6.45) is -1.82. The molecule has 0 saturated heterocycles. The van der Waals surface area contributed by atoms with Crippen molar-refractivity contribution in [3.8, 4) is 0 Å². The molecule has 0 aromatic heterocycles. The molecule has 0 radical (unpaired) electrons. The first-order chi connectivity index (χ1) is 11.3. The molecule has 0 saturated carbocycles. The van der Waals surface area contributed by atoms with Gasteiger partial charge in [-0.2, -0.15) is 13.2 Å². The van der Waals surface area contributed by atoms with Crippen molar-refractivity contribution in [2.45, 2.75) is 46.7 Å². The summed E-state index contributed by atoms with van der Waals surface area (Å²) in [7, 11) is 3.09. The number of esters is 1. The van der Waals surface area contributed by atoms with Crippen LogP contribution in [0.2, 0.25) is 0 Å². The Hall–Kier alpha value is -1.50. The van der Waals surface area contributed by atoms with Crippen molar-refractivity contribution >= 4 is 5.97 Å². The number of allylic oxidation sites excluding steroid dienone is 3. The Bertz CT molecular complexity index is 404. The van der Waals surface area contributed by atoms with E-state index in [1.54, 1.807) is 20.9 Å². The minimum absolute atomic E-state index is 0.0981. The van der Waals surface area contributed by atoms with Gasteiger partial charge in [-0.1, -0.05) is 26.8 Å². The largest absolute Gasteiger partial charge is 0.461 e. The number of rotatable bonds is 9. The molecule has 0 amide bonds. The van der Waals surface area contributed by atoms with Gasteiger partial charge in [0.2, 0.25) is 0 Å². The number of ether oxygens (including phenoxy) is 2. The maximum Gasteiger partial charge on any atom is 0.416 e. The maximum atomic E-state index is 13.0. The van der Waals surface area contributed by atoms with Crippen molar-refractivity contribution in [1.29, 1.82) is 0 Å². The molecule has 0 aromatic rings. The molecule has 0 heterocycles. The zero-order chi connectivity index (χ0) is 19.2. The number of methoxy groups -OCH3 is 1. The lowest BCUT2D eigenvalue weighted by Gasteiger charge is -2.22. The second kappa shape index (κ2) is 13.9. The second-order valence-corrected chi connectivity index (χ2v) is 4.58. The normalized spacial score (nSPS) is 12.4. The third kappa shape index (κ3) is 10.3. The third-order valence-electron chi connectivity index (χ3n) is 2.78. The molecule has 0 aliphatic heterocycles. The SMILES string of the molecule is CC.CC/C=C(/C=C(/C(=O)OCC)N(C)CCCOC)C(F)(F)F. The molecule has 0 spiro atoms. The number of alkyl halides is 3. The van der Waals surface area contributed by atoms with Crippen LogP contribution >= 0.6 is 0 Å². The van der Waals surface area contributed by atoms with E-state index in [1.807, 2.05) is 13.8 Å². The van der Waals surface area contributed by atoms with Crippen molar-refractivity contribution < 1.29 is 27.4 Å². The van der Waals surface area contributed by atoms with Crippen LogP contribution in [-0.2, 0) is 14.3 Å². The molecule has 4 nitrogen and oxygen atoms in total. The van der Waals surface area contributed by atoms with Crippen LogP contribution in [0.15, 0.2) is 23.4 Å². The highest BCUT2D eigenvalue weighted by atomic mass is 19.4. The molecule has 7 heteroatoms. The lowest BCUT2D eigenvalue weighted by atomic mass is 10.1. The van der Waals surface area contributed by atoms with Gasteiger partial charge in [-0.25, -0.2) is 4.79 Å². The van der Waals surface area contributed by atoms with E-state index in [0.29, 0.717) is 19.6 Å². The van der Waals surface area contributed by atoms with Gasteiger partial charge in [0, 0.05) is 27.3 Å². The Morgan fingerprint density at radius 2 is 1.79 bits per heavy atom. The van der Waals surface area contributed by atoms with E-state index in [1.165, 1.54) is 12.0 Å². The first-order valence-corrected chi connectivity index (χ1v) is 8.14. The Balaban J connectivity index is 0. The van der Waals surface area contributed by atoms with E-state index < -0.39 is 17.7 Å². The number of carbonyl (C=O) groups is 1. The number of nitrogens with zero attached hydrogens (tertiary/aromatic N) is 1. The minimum Gasteiger partial charge on any atom is -0.461 e. The quantitative estimate of drug-likeness (QED) is 0.268. The molecule has 0 rings (SSSR count). The molecule has 24 heavy (non-hydrogen) atoms. The molecule has 0 aliphatic rings. The lowest BCUT2D eigenvalue weighted by molar-refractivity contribution is -0.140. The van der Waals surface area contributed by atoms with Crippen molar-refractivity contribution in [3.05, 3.63) is 23.4 Å². The molecule has 0 unspecified atom stereocenters. The molecule has 142 valence electrons. The molecule has 0 aliphatic carbocycles. The van der Waals surface area contributed by atoms with Crippen molar-refractivity contribution in [3.63, 3.8) is 0 Å². The summed E-state index contributed by atoms with van der Waals surface area (Å²) in [6, 6.07) is 0. The van der Waals surface area contributed by atoms with Crippen LogP contribution in [0.25, 0.3) is 0 Å². The number of hydrogen-bond acceptors (Lipinski definition) is 4. The highest BCUT2D eigenvalue weighted by molar-refractivity contribution is 5.88. The highest BCUT2D eigenvalue weighted by Crippen LogP contribution is 2.28. The van der Waals surface area contributed by atoms with E-state index >= 15 is 0 Å². The van der Waals surface area contributed by atoms with Gasteiger partial charge in [0.1, 0.15) is 5.70 Å². The van der Waals surface area contributed by atoms with Gasteiger partial charge < -0.3 is 14.4 Å². The topological polar surface area (TPSA) is 38.8 Å². The predicted molar refractivity (Wildman–Crippen MR) is 89.6 cm³/mol. The highest BCUT2D eigenvalue weighted by Gasteiger charge is 2.33. The van der Waals surface area contributed by atoms with Gasteiger partial charge in [0.05, 0.1) is 12.2 Å². The average molecular weight is 353 g/mol. The summed E-state index contributed by atoms with van der Waals surface area (Å²) < 4.78 is 48.7. The van der Waals surface area contributed by atoms with Crippen molar-refractivity contribution in [2.75, 3.05) is 33.9 Å². The van der Waals surface area contributed by atoms with Crippen molar-refractivity contribution in [1.82, 2.24) is 4.90 Å². The first-order valence-electron chi connectivity index (χ1n) is 8.14. The third-order valence-corrected chi connectivity index (χ3v) is 2.78. The first kappa shape index (κ1) is 24.7. The molecule has 0 aromatic carbocycles. The number of likely N-dealkylation sites (N-methyl/N-ethyl adjacent to an activating group) is 1. The average Bonchev–Trinajstić information content (AvgIpc) is 2.52. The van der Waals surface area contributed by atoms with Crippen LogP contribution < -0.4 is 0 Å². The monoisotopic (exact) mass is 353 g/mol. The fourth-order valence-electron chi connectivity index (χ4n) is 1.72.